The van der Waals surface area contributed by atoms with Gasteiger partial charge in [-0.3, -0.25) is 4.90 Å². The molecule has 28 heavy (non-hydrogen) atoms. The predicted octanol–water partition coefficient (Wildman–Crippen LogP) is 5.51. The van der Waals surface area contributed by atoms with Crippen LogP contribution in [0, 0.1) is 4.91 Å². The zero-order valence-corrected chi connectivity index (χ0v) is 17.1. The molecule has 1 aromatic carbocycles. The largest absolute Gasteiger partial charge is 0.416 e. The number of nitrogens with zero attached hydrogens (tertiary/aromatic N) is 3. The molecule has 1 aliphatic rings. The first kappa shape index (κ1) is 21.1. The van der Waals surface area contributed by atoms with Crippen LogP contribution in [0.15, 0.2) is 45.8 Å². The number of alkyl halides is 3. The average molecular weight is 430 g/mol. The lowest BCUT2D eigenvalue weighted by molar-refractivity contribution is -0.137. The third-order valence-corrected chi connectivity index (χ3v) is 7.20. The van der Waals surface area contributed by atoms with Gasteiger partial charge in [0.2, 0.25) is 0 Å². The summed E-state index contributed by atoms with van der Waals surface area (Å²) in [7, 11) is 0. The Hall–Kier alpha value is -1.58. The van der Waals surface area contributed by atoms with Gasteiger partial charge in [0.15, 0.2) is 0 Å². The van der Waals surface area contributed by atoms with E-state index in [1.807, 2.05) is 17.0 Å². The quantitative estimate of drug-likeness (QED) is 0.430. The number of piperazine rings is 1. The van der Waals surface area contributed by atoms with Crippen molar-refractivity contribution in [1.82, 2.24) is 4.90 Å². The standard InChI is InChI=1S/C19H22F3N3OS2/c1-14(23-26)17-5-6-18(28-17)27-12-11-24-7-9-25(10-8-24)16-4-2-3-15(13-16)19(20,21)22/h2-6,13-14H,7-12H2,1H3. The first-order valence-electron chi connectivity index (χ1n) is 9.06. The molecule has 0 spiro atoms. The molecule has 2 aromatic rings. The van der Waals surface area contributed by atoms with Crippen LogP contribution in [0.1, 0.15) is 23.4 Å². The van der Waals surface area contributed by atoms with Gasteiger partial charge in [-0.2, -0.15) is 18.1 Å². The number of nitroso groups, excluding NO2 is 1. The van der Waals surface area contributed by atoms with Crippen LogP contribution in [0.25, 0.3) is 0 Å². The average Bonchev–Trinajstić information content (AvgIpc) is 3.16. The van der Waals surface area contributed by atoms with Crippen molar-refractivity contribution in [1.29, 1.82) is 0 Å². The lowest BCUT2D eigenvalue weighted by Gasteiger charge is -2.36. The molecule has 0 saturated carbocycles. The van der Waals surface area contributed by atoms with E-state index >= 15 is 0 Å². The Labute approximate surface area is 170 Å². The van der Waals surface area contributed by atoms with E-state index < -0.39 is 11.7 Å². The molecule has 0 N–H and O–H groups in total. The minimum atomic E-state index is -4.31. The summed E-state index contributed by atoms with van der Waals surface area (Å²) in [5, 5.41) is 3.05. The summed E-state index contributed by atoms with van der Waals surface area (Å²) in [5.41, 5.74) is 0.0334. The molecule has 3 rings (SSSR count). The fourth-order valence-electron chi connectivity index (χ4n) is 3.07. The smallest absolute Gasteiger partial charge is 0.369 e. The van der Waals surface area contributed by atoms with Crippen LogP contribution in [0.3, 0.4) is 0 Å². The van der Waals surface area contributed by atoms with Crippen molar-refractivity contribution in [2.24, 2.45) is 5.18 Å². The van der Waals surface area contributed by atoms with Gasteiger partial charge >= 0.3 is 6.18 Å². The van der Waals surface area contributed by atoms with Gasteiger partial charge in [0.1, 0.15) is 6.04 Å². The van der Waals surface area contributed by atoms with E-state index in [2.05, 4.69) is 10.1 Å². The summed E-state index contributed by atoms with van der Waals surface area (Å²) in [6.45, 7) is 5.82. The van der Waals surface area contributed by atoms with Crippen molar-refractivity contribution in [3.63, 3.8) is 0 Å². The molecular weight excluding hydrogens is 407 g/mol. The molecule has 1 saturated heterocycles. The topological polar surface area (TPSA) is 35.9 Å². The lowest BCUT2D eigenvalue weighted by atomic mass is 10.1. The molecule has 4 nitrogen and oxygen atoms in total. The van der Waals surface area contributed by atoms with Gasteiger partial charge in [0.25, 0.3) is 0 Å². The van der Waals surface area contributed by atoms with Gasteiger partial charge in [-0.25, -0.2) is 0 Å². The Morgan fingerprint density at radius 1 is 1.18 bits per heavy atom. The van der Waals surface area contributed by atoms with Crippen LogP contribution >= 0.6 is 23.1 Å². The predicted molar refractivity (Wildman–Crippen MR) is 109 cm³/mol. The highest BCUT2D eigenvalue weighted by Crippen LogP contribution is 2.33. The number of rotatable bonds is 7. The molecule has 1 unspecified atom stereocenters. The number of thioether (sulfide) groups is 1. The molecular formula is C19H22F3N3OS2. The van der Waals surface area contributed by atoms with E-state index in [1.165, 1.54) is 16.3 Å². The van der Waals surface area contributed by atoms with E-state index in [-0.39, 0.29) is 6.04 Å². The minimum absolute atomic E-state index is 0.303. The van der Waals surface area contributed by atoms with Gasteiger partial charge < -0.3 is 4.90 Å². The Morgan fingerprint density at radius 3 is 2.61 bits per heavy atom. The van der Waals surface area contributed by atoms with Crippen LogP contribution in [-0.2, 0) is 6.18 Å². The zero-order chi connectivity index (χ0) is 20.1. The fraction of sp³-hybridized carbons (Fsp3) is 0.474. The Morgan fingerprint density at radius 2 is 1.93 bits per heavy atom. The van der Waals surface area contributed by atoms with Crippen LogP contribution in [0.4, 0.5) is 18.9 Å². The first-order chi connectivity index (χ1) is 13.4. The summed E-state index contributed by atoms with van der Waals surface area (Å²) < 4.78 is 39.9. The van der Waals surface area contributed by atoms with Crippen LogP contribution < -0.4 is 4.90 Å². The molecule has 1 aliphatic heterocycles. The van der Waals surface area contributed by atoms with Crippen LogP contribution in [-0.4, -0.2) is 43.4 Å². The normalized spacial score (nSPS) is 16.9. The van der Waals surface area contributed by atoms with E-state index in [0.29, 0.717) is 5.69 Å². The van der Waals surface area contributed by atoms with Crippen molar-refractivity contribution in [3.8, 4) is 0 Å². The maximum Gasteiger partial charge on any atom is 0.416 e. The van der Waals surface area contributed by atoms with Crippen molar-refractivity contribution >= 4 is 28.8 Å². The highest BCUT2D eigenvalue weighted by molar-refractivity contribution is 8.01. The number of halogens is 3. The summed E-state index contributed by atoms with van der Waals surface area (Å²) in [5.74, 6) is 0.937. The number of hydrogen-bond acceptors (Lipinski definition) is 6. The maximum atomic E-state index is 12.9. The fourth-order valence-corrected chi connectivity index (χ4v) is 5.28. The minimum Gasteiger partial charge on any atom is -0.369 e. The highest BCUT2D eigenvalue weighted by Gasteiger charge is 2.31. The van der Waals surface area contributed by atoms with Gasteiger partial charge in [0, 0.05) is 49.0 Å². The molecule has 0 radical (unpaired) electrons. The van der Waals surface area contributed by atoms with Crippen molar-refractivity contribution in [3.05, 3.63) is 51.7 Å². The van der Waals surface area contributed by atoms with E-state index in [1.54, 1.807) is 36.1 Å². The monoisotopic (exact) mass is 429 g/mol. The Balaban J connectivity index is 1.44. The van der Waals surface area contributed by atoms with Crippen molar-refractivity contribution in [2.45, 2.75) is 23.4 Å². The second-order valence-electron chi connectivity index (χ2n) is 6.66. The maximum absolute atomic E-state index is 12.9. The first-order valence-corrected chi connectivity index (χ1v) is 10.9. The van der Waals surface area contributed by atoms with Gasteiger partial charge in [-0.15, -0.1) is 23.1 Å². The second-order valence-corrected chi connectivity index (χ2v) is 9.17. The van der Waals surface area contributed by atoms with E-state index in [0.717, 1.165) is 49.4 Å². The summed E-state index contributed by atoms with van der Waals surface area (Å²) in [4.78, 5) is 15.9. The lowest BCUT2D eigenvalue weighted by Crippen LogP contribution is -2.47. The van der Waals surface area contributed by atoms with Gasteiger partial charge in [-0.05, 0) is 37.3 Å². The van der Waals surface area contributed by atoms with Crippen LogP contribution in [0.2, 0.25) is 0 Å². The molecule has 1 fully saturated rings. The molecule has 2 heterocycles. The second kappa shape index (κ2) is 9.28. The Kier molecular flexibility index (Phi) is 7.00. The van der Waals surface area contributed by atoms with E-state index in [4.69, 9.17) is 0 Å². The summed E-state index contributed by atoms with van der Waals surface area (Å²) in [6, 6.07) is 9.23. The summed E-state index contributed by atoms with van der Waals surface area (Å²) in [6.07, 6.45) is -4.31. The van der Waals surface area contributed by atoms with Gasteiger partial charge in [0.05, 0.1) is 9.77 Å². The molecule has 152 valence electrons. The molecule has 1 atom stereocenters. The number of hydrogen-bond donors (Lipinski definition) is 0. The third kappa shape index (κ3) is 5.48. The number of thiophene rings is 1. The molecule has 9 heteroatoms. The number of anilines is 1. The number of benzene rings is 1. The molecule has 0 aliphatic carbocycles. The van der Waals surface area contributed by atoms with Crippen molar-refractivity contribution in [2.75, 3.05) is 43.4 Å². The molecule has 1 aromatic heterocycles. The van der Waals surface area contributed by atoms with Crippen molar-refractivity contribution < 1.29 is 13.2 Å². The third-order valence-electron chi connectivity index (χ3n) is 4.73. The Bertz CT molecular complexity index is 789. The molecule has 0 bridgehead atoms. The van der Waals surface area contributed by atoms with Crippen LogP contribution in [0.5, 0.6) is 0 Å². The zero-order valence-electron chi connectivity index (χ0n) is 15.5. The van der Waals surface area contributed by atoms with Gasteiger partial charge in [-0.1, -0.05) is 11.2 Å². The highest BCUT2D eigenvalue weighted by atomic mass is 32.2. The van der Waals surface area contributed by atoms with E-state index in [9.17, 15) is 18.1 Å². The molecule has 0 amide bonds. The SMILES string of the molecule is CC(N=O)c1ccc(SCCN2CCN(c3cccc(C(F)(F)F)c3)CC2)s1. The summed E-state index contributed by atoms with van der Waals surface area (Å²) >= 11 is 3.36.